The highest BCUT2D eigenvalue weighted by molar-refractivity contribution is 6.02. The van der Waals surface area contributed by atoms with Crippen LogP contribution in [-0.2, 0) is 9.59 Å². The molecule has 0 unspecified atom stereocenters. The van der Waals surface area contributed by atoms with Crippen LogP contribution in [0.2, 0.25) is 0 Å². The first-order valence-electron chi connectivity index (χ1n) is 9.49. The summed E-state index contributed by atoms with van der Waals surface area (Å²) < 4.78 is 5.31. The highest BCUT2D eigenvalue weighted by Crippen LogP contribution is 2.49. The third-order valence-electron chi connectivity index (χ3n) is 6.12. The summed E-state index contributed by atoms with van der Waals surface area (Å²) in [5.41, 5.74) is 0.123. The number of amides is 2. The molecule has 0 aromatic heterocycles. The van der Waals surface area contributed by atoms with Crippen molar-refractivity contribution in [2.24, 2.45) is 17.8 Å². The van der Waals surface area contributed by atoms with Gasteiger partial charge in [0.15, 0.2) is 6.61 Å². The van der Waals surface area contributed by atoms with Crippen molar-refractivity contribution in [3.05, 3.63) is 28.3 Å². The van der Waals surface area contributed by atoms with Crippen LogP contribution in [0.5, 0.6) is 5.75 Å². The van der Waals surface area contributed by atoms with Gasteiger partial charge in [-0.3, -0.25) is 24.6 Å². The minimum absolute atomic E-state index is 0.145. The number of rotatable bonds is 6. The van der Waals surface area contributed by atoms with E-state index in [0.717, 1.165) is 18.3 Å². The molecule has 3 atom stereocenters. The van der Waals surface area contributed by atoms with E-state index >= 15 is 0 Å². The molecular formula is C19H23N3O5. The van der Waals surface area contributed by atoms with E-state index in [9.17, 15) is 19.7 Å². The molecule has 2 amide bonds. The lowest BCUT2D eigenvalue weighted by Crippen LogP contribution is -2.45. The summed E-state index contributed by atoms with van der Waals surface area (Å²) in [5, 5.41) is 13.9. The second-order valence-electron chi connectivity index (χ2n) is 7.75. The molecule has 8 heteroatoms. The van der Waals surface area contributed by atoms with Crippen LogP contribution in [0.3, 0.4) is 0 Å². The van der Waals surface area contributed by atoms with E-state index in [1.54, 1.807) is 0 Å². The number of nitrogens with one attached hydrogen (secondary N) is 1. The Balaban J connectivity index is 1.35. The fourth-order valence-corrected chi connectivity index (χ4v) is 4.80. The van der Waals surface area contributed by atoms with Gasteiger partial charge in [-0.2, -0.15) is 0 Å². The number of ether oxygens (including phenoxy) is 1. The van der Waals surface area contributed by atoms with E-state index in [1.807, 2.05) is 0 Å². The van der Waals surface area contributed by atoms with Gasteiger partial charge in [-0.15, -0.1) is 0 Å². The monoisotopic (exact) mass is 373 g/mol. The lowest BCUT2D eigenvalue weighted by Gasteiger charge is -2.28. The maximum Gasteiger partial charge on any atom is 0.271 e. The summed E-state index contributed by atoms with van der Waals surface area (Å²) in [4.78, 5) is 36.3. The van der Waals surface area contributed by atoms with E-state index in [2.05, 4.69) is 5.32 Å². The van der Waals surface area contributed by atoms with Crippen molar-refractivity contribution in [1.82, 2.24) is 5.32 Å². The topological polar surface area (TPSA) is 102 Å². The molecule has 2 bridgehead atoms. The molecule has 2 aliphatic carbocycles. The zero-order valence-electron chi connectivity index (χ0n) is 15.1. The molecule has 0 radical (unpaired) electrons. The highest BCUT2D eigenvalue weighted by atomic mass is 16.6. The molecule has 1 heterocycles. The summed E-state index contributed by atoms with van der Waals surface area (Å²) in [7, 11) is 0. The molecule has 0 spiro atoms. The molecule has 27 heavy (non-hydrogen) atoms. The van der Waals surface area contributed by atoms with Crippen LogP contribution >= 0.6 is 0 Å². The number of benzene rings is 1. The highest BCUT2D eigenvalue weighted by Gasteiger charge is 2.39. The zero-order chi connectivity index (χ0) is 19.0. The van der Waals surface area contributed by atoms with E-state index < -0.39 is 4.92 Å². The van der Waals surface area contributed by atoms with E-state index in [4.69, 9.17) is 4.74 Å². The van der Waals surface area contributed by atoms with Crippen molar-refractivity contribution < 1.29 is 19.2 Å². The summed E-state index contributed by atoms with van der Waals surface area (Å²) >= 11 is 0. The van der Waals surface area contributed by atoms with E-state index in [1.165, 1.54) is 48.8 Å². The predicted octanol–water partition coefficient (Wildman–Crippen LogP) is 2.26. The number of hydrogen-bond donors (Lipinski definition) is 1. The molecule has 0 saturated heterocycles. The number of nitro benzene ring substituents is 1. The second-order valence-corrected chi connectivity index (χ2v) is 7.75. The van der Waals surface area contributed by atoms with Gasteiger partial charge in [-0.1, -0.05) is 6.42 Å². The first kappa shape index (κ1) is 17.8. The Hall–Kier alpha value is -2.64. The largest absolute Gasteiger partial charge is 0.482 e. The number of fused-ring (bicyclic) bond motifs is 3. The van der Waals surface area contributed by atoms with Gasteiger partial charge in [-0.25, -0.2) is 0 Å². The molecule has 2 fully saturated rings. The average Bonchev–Trinajstić information content (AvgIpc) is 3.27. The Morgan fingerprint density at radius 3 is 2.89 bits per heavy atom. The molecular weight excluding hydrogens is 350 g/mol. The number of carbonyl (C=O) groups excluding carboxylic acids is 2. The lowest BCUT2D eigenvalue weighted by molar-refractivity contribution is -0.384. The Morgan fingerprint density at radius 2 is 2.19 bits per heavy atom. The number of nitrogens with zero attached hydrogens (tertiary/aromatic N) is 2. The molecule has 3 aliphatic rings. The second kappa shape index (κ2) is 7.17. The molecule has 8 nitrogen and oxygen atoms in total. The number of carbonyl (C=O) groups is 2. The molecule has 144 valence electrons. The Bertz CT molecular complexity index is 781. The van der Waals surface area contributed by atoms with Gasteiger partial charge in [0.25, 0.3) is 11.6 Å². The molecule has 1 N–H and O–H groups in total. The lowest BCUT2D eigenvalue weighted by atomic mass is 9.86. The predicted molar refractivity (Wildman–Crippen MR) is 97.5 cm³/mol. The standard InChI is InChI=1S/C19H23N3O5/c23-18(20-6-5-14-8-12-1-2-13(14)7-12)10-21-16-9-15(22(25)26)3-4-17(16)27-11-19(21)24/h3-4,9,12-14H,1-2,5-8,10-11H2,(H,20,23)/t12-,13-,14-/m0/s1. The van der Waals surface area contributed by atoms with Crippen LogP contribution in [0, 0.1) is 27.9 Å². The van der Waals surface area contributed by atoms with Gasteiger partial charge in [0, 0.05) is 18.7 Å². The molecule has 1 aromatic carbocycles. The minimum atomic E-state index is -0.535. The van der Waals surface area contributed by atoms with E-state index in [-0.39, 0.29) is 36.3 Å². The van der Waals surface area contributed by atoms with Crippen molar-refractivity contribution in [2.45, 2.75) is 32.1 Å². The van der Waals surface area contributed by atoms with Crippen molar-refractivity contribution in [3.63, 3.8) is 0 Å². The summed E-state index contributed by atoms with van der Waals surface area (Å²) in [6.45, 7) is 0.267. The number of nitro groups is 1. The first-order valence-corrected chi connectivity index (χ1v) is 9.49. The number of anilines is 1. The third-order valence-corrected chi connectivity index (χ3v) is 6.12. The molecule has 1 aliphatic heterocycles. The fourth-order valence-electron chi connectivity index (χ4n) is 4.80. The third kappa shape index (κ3) is 3.61. The molecule has 1 aromatic rings. The maximum absolute atomic E-state index is 12.3. The van der Waals surface area contributed by atoms with Gasteiger partial charge in [0.05, 0.1) is 10.6 Å². The Morgan fingerprint density at radius 1 is 1.33 bits per heavy atom. The van der Waals surface area contributed by atoms with Crippen molar-refractivity contribution >= 4 is 23.2 Å². The molecule has 4 rings (SSSR count). The van der Waals surface area contributed by atoms with Crippen LogP contribution in [0.25, 0.3) is 0 Å². The van der Waals surface area contributed by atoms with Gasteiger partial charge < -0.3 is 10.1 Å². The summed E-state index contributed by atoms with van der Waals surface area (Å²) in [5.74, 6) is 2.14. The van der Waals surface area contributed by atoms with Crippen molar-refractivity contribution in [2.75, 3.05) is 24.6 Å². The average molecular weight is 373 g/mol. The van der Waals surface area contributed by atoms with Gasteiger partial charge in [0.1, 0.15) is 12.3 Å². The number of non-ortho nitro benzene ring substituents is 1. The van der Waals surface area contributed by atoms with Crippen LogP contribution < -0.4 is 15.0 Å². The SMILES string of the molecule is O=C(CN1C(=O)COc2ccc([N+](=O)[O-])cc21)NCC[C@H]1C[C@H]2CC[C@H]1C2. The smallest absolute Gasteiger partial charge is 0.271 e. The quantitative estimate of drug-likeness (QED) is 0.609. The normalized spacial score (nSPS) is 25.9. The van der Waals surface area contributed by atoms with Crippen LogP contribution in [0.15, 0.2) is 18.2 Å². The van der Waals surface area contributed by atoms with Crippen molar-refractivity contribution in [3.8, 4) is 5.75 Å². The van der Waals surface area contributed by atoms with Crippen LogP contribution in [0.1, 0.15) is 32.1 Å². The van der Waals surface area contributed by atoms with Gasteiger partial charge in [-0.05, 0) is 49.5 Å². The van der Waals surface area contributed by atoms with Gasteiger partial charge >= 0.3 is 0 Å². The maximum atomic E-state index is 12.3. The Kier molecular flexibility index (Phi) is 4.72. The van der Waals surface area contributed by atoms with E-state index in [0.29, 0.717) is 18.2 Å². The first-order chi connectivity index (χ1) is 13.0. The number of hydrogen-bond acceptors (Lipinski definition) is 5. The zero-order valence-corrected chi connectivity index (χ0v) is 15.1. The molecule has 2 saturated carbocycles. The summed E-state index contributed by atoms with van der Waals surface area (Å²) in [6, 6.07) is 4.05. The fraction of sp³-hybridized carbons (Fsp3) is 0.579. The minimum Gasteiger partial charge on any atom is -0.482 e. The van der Waals surface area contributed by atoms with Crippen LogP contribution in [0.4, 0.5) is 11.4 Å². The van der Waals surface area contributed by atoms with Crippen LogP contribution in [-0.4, -0.2) is 36.4 Å². The Labute approximate surface area is 157 Å². The summed E-state index contributed by atoms with van der Waals surface area (Å²) in [6.07, 6.45) is 6.28. The van der Waals surface area contributed by atoms with Crippen molar-refractivity contribution in [1.29, 1.82) is 0 Å². The van der Waals surface area contributed by atoms with Gasteiger partial charge in [0.2, 0.25) is 5.91 Å².